The fraction of sp³-hybridized carbons (Fsp3) is 0.312. The van der Waals surface area contributed by atoms with E-state index in [0.717, 1.165) is 23.5 Å². The summed E-state index contributed by atoms with van der Waals surface area (Å²) in [6.45, 7) is 4.08. The van der Waals surface area contributed by atoms with Crippen molar-refractivity contribution in [2.75, 3.05) is 0 Å². The predicted molar refractivity (Wildman–Crippen MR) is 101 cm³/mol. The lowest BCUT2D eigenvalue weighted by atomic mass is 10.1. The summed E-state index contributed by atoms with van der Waals surface area (Å²) in [6, 6.07) is 6.83. The molecule has 0 spiro atoms. The second kappa shape index (κ2) is 8.97. The number of rotatable bonds is 4. The highest BCUT2D eigenvalue weighted by Crippen LogP contribution is 2.29. The van der Waals surface area contributed by atoms with Crippen molar-refractivity contribution in [1.82, 2.24) is 15.3 Å². The van der Waals surface area contributed by atoms with E-state index in [1.807, 2.05) is 13.0 Å². The molecule has 136 valence electrons. The molecule has 0 fully saturated rings. The van der Waals surface area contributed by atoms with Gasteiger partial charge in [0, 0.05) is 5.69 Å². The highest BCUT2D eigenvalue weighted by atomic mass is 127. The summed E-state index contributed by atoms with van der Waals surface area (Å²) in [7, 11) is 0. The summed E-state index contributed by atoms with van der Waals surface area (Å²) in [5.74, 6) is 0.799. The molecule has 0 aliphatic heterocycles. The molecule has 0 aliphatic rings. The van der Waals surface area contributed by atoms with E-state index in [1.165, 1.54) is 6.07 Å². The van der Waals surface area contributed by atoms with Gasteiger partial charge in [0.05, 0.1) is 24.3 Å². The van der Waals surface area contributed by atoms with Crippen molar-refractivity contribution in [3.05, 3.63) is 58.7 Å². The van der Waals surface area contributed by atoms with E-state index < -0.39 is 11.7 Å². The van der Waals surface area contributed by atoms with Gasteiger partial charge in [0.15, 0.2) is 5.96 Å². The molecule has 0 radical (unpaired) electrons. The molecule has 25 heavy (non-hydrogen) atoms. The van der Waals surface area contributed by atoms with Crippen LogP contribution in [-0.4, -0.2) is 15.9 Å². The van der Waals surface area contributed by atoms with Crippen LogP contribution in [0.15, 0.2) is 35.3 Å². The summed E-state index contributed by atoms with van der Waals surface area (Å²) < 4.78 is 38.0. The fourth-order valence-electron chi connectivity index (χ4n) is 2.14. The lowest BCUT2D eigenvalue weighted by Gasteiger charge is -2.09. The Bertz CT molecular complexity index is 727. The minimum absolute atomic E-state index is 0. The van der Waals surface area contributed by atoms with Crippen molar-refractivity contribution in [2.24, 2.45) is 10.7 Å². The van der Waals surface area contributed by atoms with Crippen molar-refractivity contribution >= 4 is 29.9 Å². The molecule has 0 atom stereocenters. The Morgan fingerprint density at radius 2 is 1.92 bits per heavy atom. The zero-order chi connectivity index (χ0) is 17.7. The Kier molecular flexibility index (Phi) is 7.59. The van der Waals surface area contributed by atoms with E-state index in [2.05, 4.69) is 20.3 Å². The van der Waals surface area contributed by atoms with Crippen LogP contribution in [0.2, 0.25) is 0 Å². The lowest BCUT2D eigenvalue weighted by Crippen LogP contribution is -2.31. The second-order valence-corrected chi connectivity index (χ2v) is 5.30. The molecule has 1 aromatic heterocycles. The van der Waals surface area contributed by atoms with E-state index in [9.17, 15) is 13.2 Å². The zero-order valence-electron chi connectivity index (χ0n) is 13.8. The third kappa shape index (κ3) is 6.85. The molecule has 2 aromatic rings. The second-order valence-electron chi connectivity index (χ2n) is 5.30. The first-order valence-electron chi connectivity index (χ1n) is 7.25. The average molecular weight is 465 g/mol. The van der Waals surface area contributed by atoms with Crippen molar-refractivity contribution in [3.63, 3.8) is 0 Å². The van der Waals surface area contributed by atoms with Crippen LogP contribution in [0, 0.1) is 13.8 Å². The van der Waals surface area contributed by atoms with Crippen LogP contribution < -0.4 is 11.1 Å². The van der Waals surface area contributed by atoms with Crippen molar-refractivity contribution in [3.8, 4) is 0 Å². The summed E-state index contributed by atoms with van der Waals surface area (Å²) in [5.41, 5.74) is 7.08. The quantitative estimate of drug-likeness (QED) is 0.413. The first-order chi connectivity index (χ1) is 11.2. The molecule has 3 N–H and O–H groups in total. The molecule has 5 nitrogen and oxygen atoms in total. The number of benzene rings is 1. The maximum atomic E-state index is 12.7. The highest BCUT2D eigenvalue weighted by Gasteiger charge is 2.30. The van der Waals surface area contributed by atoms with Gasteiger partial charge in [-0.05, 0) is 37.6 Å². The molecule has 1 aromatic carbocycles. The summed E-state index contributed by atoms with van der Waals surface area (Å²) in [5, 5.41) is 2.88. The Morgan fingerprint density at radius 3 is 2.56 bits per heavy atom. The molecule has 1 heterocycles. The average Bonchev–Trinajstić information content (AvgIpc) is 2.49. The Hall–Kier alpha value is -1.91. The van der Waals surface area contributed by atoms with Gasteiger partial charge in [0.2, 0.25) is 0 Å². The Morgan fingerprint density at radius 1 is 1.20 bits per heavy atom. The lowest BCUT2D eigenvalue weighted by molar-refractivity contribution is -0.137. The molecule has 9 heteroatoms. The van der Waals surface area contributed by atoms with Gasteiger partial charge in [-0.25, -0.2) is 15.0 Å². The number of aromatic nitrogens is 2. The van der Waals surface area contributed by atoms with Crippen LogP contribution in [0.3, 0.4) is 0 Å². The van der Waals surface area contributed by atoms with Crippen LogP contribution in [0.5, 0.6) is 0 Å². The number of alkyl halides is 3. The van der Waals surface area contributed by atoms with Crippen molar-refractivity contribution in [2.45, 2.75) is 33.1 Å². The molecular formula is C16H19F3IN5. The maximum Gasteiger partial charge on any atom is 0.416 e. The first kappa shape index (κ1) is 21.1. The van der Waals surface area contributed by atoms with E-state index >= 15 is 0 Å². The molecule has 0 bridgehead atoms. The molecular weight excluding hydrogens is 446 g/mol. The monoisotopic (exact) mass is 465 g/mol. The van der Waals surface area contributed by atoms with Gasteiger partial charge in [0.1, 0.15) is 5.82 Å². The summed E-state index contributed by atoms with van der Waals surface area (Å²) in [4.78, 5) is 12.5. The van der Waals surface area contributed by atoms with E-state index in [-0.39, 0.29) is 36.5 Å². The molecule has 0 saturated carbocycles. The molecule has 0 saturated heterocycles. The highest BCUT2D eigenvalue weighted by molar-refractivity contribution is 14.0. The van der Waals surface area contributed by atoms with Gasteiger partial charge < -0.3 is 11.1 Å². The Balaban J connectivity index is 0.00000312. The fourth-order valence-corrected chi connectivity index (χ4v) is 2.14. The predicted octanol–water partition coefficient (Wildman–Crippen LogP) is 3.33. The minimum Gasteiger partial charge on any atom is -0.370 e. The number of aryl methyl sites for hydroxylation is 2. The normalized spacial score (nSPS) is 11.8. The van der Waals surface area contributed by atoms with Crippen LogP contribution >= 0.6 is 24.0 Å². The van der Waals surface area contributed by atoms with Crippen molar-refractivity contribution in [1.29, 1.82) is 0 Å². The molecule has 0 unspecified atom stereocenters. The van der Waals surface area contributed by atoms with Crippen LogP contribution in [-0.2, 0) is 19.3 Å². The SMILES string of the molecule is Cc1cc(CNC(N)=NCc2cccc(C(F)(F)F)c2)nc(C)n1.I. The van der Waals surface area contributed by atoms with Gasteiger partial charge in [0.25, 0.3) is 0 Å². The van der Waals surface area contributed by atoms with Gasteiger partial charge in [-0.15, -0.1) is 24.0 Å². The topological polar surface area (TPSA) is 76.2 Å². The largest absolute Gasteiger partial charge is 0.416 e. The van der Waals surface area contributed by atoms with Crippen LogP contribution in [0.4, 0.5) is 13.2 Å². The number of nitrogens with two attached hydrogens (primary N) is 1. The zero-order valence-corrected chi connectivity index (χ0v) is 16.1. The minimum atomic E-state index is -4.37. The number of halogens is 4. The van der Waals surface area contributed by atoms with Crippen LogP contribution in [0.25, 0.3) is 0 Å². The van der Waals surface area contributed by atoms with E-state index in [0.29, 0.717) is 17.9 Å². The smallest absolute Gasteiger partial charge is 0.370 e. The van der Waals surface area contributed by atoms with E-state index in [1.54, 1.807) is 13.0 Å². The summed E-state index contributed by atoms with van der Waals surface area (Å²) in [6.07, 6.45) is -4.37. The number of nitrogens with zero attached hydrogens (tertiary/aromatic N) is 3. The molecule has 2 rings (SSSR count). The summed E-state index contributed by atoms with van der Waals surface area (Å²) >= 11 is 0. The Labute approximate surface area is 161 Å². The molecule has 0 aliphatic carbocycles. The van der Waals surface area contributed by atoms with Gasteiger partial charge in [-0.3, -0.25) is 0 Å². The third-order valence-electron chi connectivity index (χ3n) is 3.16. The molecule has 0 amide bonds. The van der Waals surface area contributed by atoms with Gasteiger partial charge >= 0.3 is 6.18 Å². The van der Waals surface area contributed by atoms with Crippen molar-refractivity contribution < 1.29 is 13.2 Å². The van der Waals surface area contributed by atoms with E-state index in [4.69, 9.17) is 5.73 Å². The number of nitrogens with one attached hydrogen (secondary N) is 1. The first-order valence-corrected chi connectivity index (χ1v) is 7.25. The number of guanidine groups is 1. The number of hydrogen-bond donors (Lipinski definition) is 2. The van der Waals surface area contributed by atoms with Gasteiger partial charge in [-0.1, -0.05) is 12.1 Å². The third-order valence-corrected chi connectivity index (χ3v) is 3.16. The number of aliphatic imine (C=N–C) groups is 1. The van der Waals surface area contributed by atoms with Crippen LogP contribution in [0.1, 0.15) is 28.3 Å². The maximum absolute atomic E-state index is 12.7. The standard InChI is InChI=1S/C16H18F3N5.HI/c1-10-6-14(24-11(2)23-10)9-22-15(20)21-8-12-4-3-5-13(7-12)16(17,18)19;/h3-7H,8-9H2,1-2H3,(H3,20,21,22);1H. The van der Waals surface area contributed by atoms with Gasteiger partial charge in [-0.2, -0.15) is 13.2 Å². The number of hydrogen-bond acceptors (Lipinski definition) is 3.